The van der Waals surface area contributed by atoms with E-state index in [1.807, 2.05) is 0 Å². The van der Waals surface area contributed by atoms with E-state index in [4.69, 9.17) is 4.74 Å². The standard InChI is InChI=1S/C27H28F2N6O3/c1-38-7-6-35-13-16(10-32-35)24-23(29)21(9-18-14-2-4-15(5-3-14)22(18)27(36)37)33-26(34-24)20-12-31-25-19(20)8-17(28)11-30-25/h8,10-15,18,22H,2-7,9H2,1H3,(H,30,31)(H,36,37)/t14?,15?,18-,22-/m0/s1. The van der Waals surface area contributed by atoms with Gasteiger partial charge in [-0.3, -0.25) is 9.48 Å². The number of methoxy groups -OCH3 is 1. The largest absolute Gasteiger partial charge is 0.481 e. The number of pyridine rings is 1. The van der Waals surface area contributed by atoms with Crippen molar-refractivity contribution in [2.75, 3.05) is 13.7 Å². The molecule has 0 unspecified atom stereocenters. The van der Waals surface area contributed by atoms with E-state index in [1.165, 1.54) is 12.3 Å². The van der Waals surface area contributed by atoms with Gasteiger partial charge in [0, 0.05) is 36.0 Å². The zero-order valence-corrected chi connectivity index (χ0v) is 20.9. The predicted molar refractivity (Wildman–Crippen MR) is 134 cm³/mol. The maximum Gasteiger partial charge on any atom is 0.307 e. The van der Waals surface area contributed by atoms with Crippen LogP contribution in [0.25, 0.3) is 33.7 Å². The summed E-state index contributed by atoms with van der Waals surface area (Å²) in [7, 11) is 1.59. The lowest BCUT2D eigenvalue weighted by atomic mass is 9.57. The summed E-state index contributed by atoms with van der Waals surface area (Å²) in [5.74, 6) is -2.12. The van der Waals surface area contributed by atoms with Crippen LogP contribution in [-0.2, 0) is 22.5 Å². The van der Waals surface area contributed by atoms with Gasteiger partial charge in [-0.2, -0.15) is 5.10 Å². The van der Waals surface area contributed by atoms with Crippen molar-refractivity contribution >= 4 is 17.0 Å². The normalized spacial score (nSPS) is 22.8. The van der Waals surface area contributed by atoms with E-state index in [-0.39, 0.29) is 41.4 Å². The fraction of sp³-hybridized carbons (Fsp3) is 0.444. The van der Waals surface area contributed by atoms with Crippen molar-refractivity contribution in [3.63, 3.8) is 0 Å². The SMILES string of the molecule is COCCn1cc(-c2nc(-c3c[nH]c4ncc(F)cc34)nc(C[C@H]3C4CCC(CC4)[C@@H]3C(=O)O)c2F)cn1. The molecule has 198 valence electrons. The minimum atomic E-state index is -0.822. The third-order valence-electron chi connectivity index (χ3n) is 8.19. The highest BCUT2D eigenvalue weighted by atomic mass is 19.1. The summed E-state index contributed by atoms with van der Waals surface area (Å²) in [5, 5.41) is 14.8. The smallest absolute Gasteiger partial charge is 0.307 e. The molecule has 0 spiro atoms. The molecule has 4 aromatic heterocycles. The van der Waals surface area contributed by atoms with Crippen LogP contribution in [0.15, 0.2) is 30.9 Å². The van der Waals surface area contributed by atoms with Gasteiger partial charge in [0.2, 0.25) is 0 Å². The number of carboxylic acids is 1. The van der Waals surface area contributed by atoms with E-state index in [9.17, 15) is 14.3 Å². The van der Waals surface area contributed by atoms with E-state index in [0.29, 0.717) is 35.3 Å². The molecule has 2 bridgehead atoms. The number of aromatic amines is 1. The number of ether oxygens (including phenoxy) is 1. The molecule has 9 nitrogen and oxygen atoms in total. The highest BCUT2D eigenvalue weighted by Gasteiger charge is 2.47. The van der Waals surface area contributed by atoms with Crippen LogP contribution in [-0.4, -0.2) is 54.5 Å². The second kappa shape index (κ2) is 9.86. The van der Waals surface area contributed by atoms with Crippen LogP contribution >= 0.6 is 0 Å². The number of aromatic nitrogens is 6. The third kappa shape index (κ3) is 4.34. The van der Waals surface area contributed by atoms with Crippen molar-refractivity contribution in [3.05, 3.63) is 48.2 Å². The van der Waals surface area contributed by atoms with Gasteiger partial charge < -0.3 is 14.8 Å². The highest BCUT2D eigenvalue weighted by Crippen LogP contribution is 2.50. The highest BCUT2D eigenvalue weighted by molar-refractivity contribution is 5.91. The van der Waals surface area contributed by atoms with Gasteiger partial charge in [-0.25, -0.2) is 23.7 Å². The summed E-state index contributed by atoms with van der Waals surface area (Å²) in [6.45, 7) is 0.931. The van der Waals surface area contributed by atoms with Gasteiger partial charge in [-0.05, 0) is 55.9 Å². The van der Waals surface area contributed by atoms with Crippen molar-refractivity contribution in [1.29, 1.82) is 0 Å². The van der Waals surface area contributed by atoms with Crippen LogP contribution in [0.3, 0.4) is 0 Å². The molecule has 3 aliphatic carbocycles. The van der Waals surface area contributed by atoms with Crippen molar-refractivity contribution in [1.82, 2.24) is 29.7 Å². The first-order valence-electron chi connectivity index (χ1n) is 12.9. The Labute approximate surface area is 217 Å². The van der Waals surface area contributed by atoms with Crippen LogP contribution in [0, 0.1) is 35.3 Å². The molecule has 38 heavy (non-hydrogen) atoms. The second-order valence-corrected chi connectivity index (χ2v) is 10.3. The molecule has 4 heterocycles. The number of fused-ring (bicyclic) bond motifs is 4. The van der Waals surface area contributed by atoms with Crippen LogP contribution in [0.4, 0.5) is 8.78 Å². The van der Waals surface area contributed by atoms with Crippen LogP contribution in [0.5, 0.6) is 0 Å². The number of carbonyl (C=O) groups is 1. The second-order valence-electron chi connectivity index (χ2n) is 10.3. The Morgan fingerprint density at radius 3 is 2.74 bits per heavy atom. The summed E-state index contributed by atoms with van der Waals surface area (Å²) in [5.41, 5.74) is 1.64. The molecule has 0 aliphatic heterocycles. The first kappa shape index (κ1) is 24.6. The average molecular weight is 523 g/mol. The number of rotatable bonds is 8. The summed E-state index contributed by atoms with van der Waals surface area (Å²) in [6.07, 6.45) is 9.86. The molecular formula is C27H28F2N6O3. The molecule has 3 saturated carbocycles. The number of aliphatic carboxylic acids is 1. The van der Waals surface area contributed by atoms with Crippen LogP contribution in [0.2, 0.25) is 0 Å². The molecule has 2 N–H and O–H groups in total. The molecule has 0 saturated heterocycles. The van der Waals surface area contributed by atoms with Crippen molar-refractivity contribution in [2.45, 2.75) is 38.6 Å². The first-order valence-corrected chi connectivity index (χ1v) is 12.9. The Hall–Kier alpha value is -3.73. The minimum Gasteiger partial charge on any atom is -0.481 e. The van der Waals surface area contributed by atoms with E-state index in [0.717, 1.165) is 31.9 Å². The van der Waals surface area contributed by atoms with Gasteiger partial charge in [-0.1, -0.05) is 0 Å². The van der Waals surface area contributed by atoms with E-state index in [2.05, 4.69) is 25.0 Å². The molecule has 11 heteroatoms. The molecular weight excluding hydrogens is 494 g/mol. The van der Waals surface area contributed by atoms with Crippen LogP contribution in [0.1, 0.15) is 31.4 Å². The van der Waals surface area contributed by atoms with Crippen molar-refractivity contribution in [2.24, 2.45) is 23.7 Å². The lowest BCUT2D eigenvalue weighted by Gasteiger charge is -2.46. The summed E-state index contributed by atoms with van der Waals surface area (Å²) in [4.78, 5) is 28.5. The predicted octanol–water partition coefficient (Wildman–Crippen LogP) is 4.49. The quantitative estimate of drug-likeness (QED) is 0.350. The molecule has 4 aromatic rings. The fourth-order valence-electron chi connectivity index (χ4n) is 6.37. The Morgan fingerprint density at radius 1 is 1.18 bits per heavy atom. The lowest BCUT2D eigenvalue weighted by molar-refractivity contribution is -0.152. The zero-order valence-electron chi connectivity index (χ0n) is 20.9. The number of nitrogens with one attached hydrogen (secondary N) is 1. The van der Waals surface area contributed by atoms with Gasteiger partial charge in [-0.15, -0.1) is 0 Å². The van der Waals surface area contributed by atoms with Gasteiger partial charge in [0.15, 0.2) is 11.6 Å². The lowest BCUT2D eigenvalue weighted by Crippen LogP contribution is -2.45. The van der Waals surface area contributed by atoms with E-state index < -0.39 is 23.5 Å². The maximum atomic E-state index is 16.1. The first-order chi connectivity index (χ1) is 18.4. The third-order valence-corrected chi connectivity index (χ3v) is 8.19. The minimum absolute atomic E-state index is 0.0697. The number of nitrogens with zero attached hydrogens (tertiary/aromatic N) is 5. The van der Waals surface area contributed by atoms with E-state index >= 15 is 4.39 Å². The number of halogens is 2. The molecule has 0 amide bonds. The van der Waals surface area contributed by atoms with Crippen molar-refractivity contribution < 1.29 is 23.4 Å². The number of hydrogen-bond acceptors (Lipinski definition) is 6. The molecule has 0 radical (unpaired) electrons. The molecule has 2 atom stereocenters. The van der Waals surface area contributed by atoms with Crippen molar-refractivity contribution in [3.8, 4) is 22.6 Å². The Kier molecular flexibility index (Phi) is 6.38. The fourth-order valence-corrected chi connectivity index (χ4v) is 6.37. The van der Waals surface area contributed by atoms with Gasteiger partial charge in [0.05, 0.1) is 37.2 Å². The molecule has 3 aliphatic rings. The topological polar surface area (TPSA) is 119 Å². The van der Waals surface area contributed by atoms with Gasteiger partial charge in [0.25, 0.3) is 0 Å². The summed E-state index contributed by atoms with van der Waals surface area (Å²) in [6, 6.07) is 1.34. The Balaban J connectivity index is 1.46. The Morgan fingerprint density at radius 2 is 1.97 bits per heavy atom. The van der Waals surface area contributed by atoms with Gasteiger partial charge in [0.1, 0.15) is 17.2 Å². The monoisotopic (exact) mass is 522 g/mol. The molecule has 0 aromatic carbocycles. The number of hydrogen-bond donors (Lipinski definition) is 2. The van der Waals surface area contributed by atoms with E-state index in [1.54, 1.807) is 24.2 Å². The number of carboxylic acid groups (broad SMARTS) is 1. The molecule has 7 rings (SSSR count). The summed E-state index contributed by atoms with van der Waals surface area (Å²) < 4.78 is 36.9. The van der Waals surface area contributed by atoms with Gasteiger partial charge >= 0.3 is 5.97 Å². The van der Waals surface area contributed by atoms with Crippen LogP contribution < -0.4 is 0 Å². The average Bonchev–Trinajstić information content (AvgIpc) is 3.56. The Bertz CT molecular complexity index is 1490. The summed E-state index contributed by atoms with van der Waals surface area (Å²) >= 11 is 0. The maximum absolute atomic E-state index is 16.1. The zero-order chi connectivity index (χ0) is 26.4. The molecule has 3 fully saturated rings. The number of H-pyrrole nitrogens is 1.